The van der Waals surface area contributed by atoms with Crippen molar-refractivity contribution < 1.29 is 71.6 Å². The number of aliphatic carboxylic acids is 1. The molecule has 0 aliphatic carbocycles. The van der Waals surface area contributed by atoms with Gasteiger partial charge in [-0.05, 0) is 6.42 Å². The molecule has 0 amide bonds. The summed E-state index contributed by atoms with van der Waals surface area (Å²) in [6, 6.07) is 0. The van der Waals surface area contributed by atoms with Crippen LogP contribution in [-0.2, 0) is 66.5 Å². The largest absolute Gasteiger partial charge is 0.476 e. The highest BCUT2D eigenvalue weighted by Gasteiger charge is 2.14. The van der Waals surface area contributed by atoms with Crippen LogP contribution >= 0.6 is 0 Å². The van der Waals surface area contributed by atoms with E-state index in [0.29, 0.717) is 119 Å². The van der Waals surface area contributed by atoms with Crippen molar-refractivity contribution in [2.45, 2.75) is 58.3 Å². The van der Waals surface area contributed by atoms with Crippen molar-refractivity contribution in [3.63, 3.8) is 0 Å². The molecule has 0 saturated heterocycles. The minimum Gasteiger partial charge on any atom is -0.476 e. The van der Waals surface area contributed by atoms with Crippen LogP contribution in [0, 0.1) is 0 Å². The summed E-state index contributed by atoms with van der Waals surface area (Å²) >= 11 is 0. The Bertz CT molecular complexity index is 711. The number of hydrogen-bond acceptors (Lipinski definition) is 14. The molecule has 0 rings (SSSR count). The third-order valence-corrected chi connectivity index (χ3v) is 6.28. The van der Waals surface area contributed by atoms with Crippen LogP contribution in [0.1, 0.15) is 58.3 Å². The fourth-order valence-electron chi connectivity index (χ4n) is 3.67. The van der Waals surface area contributed by atoms with Gasteiger partial charge in [-0.2, -0.15) is 0 Å². The molecule has 0 aromatic heterocycles. The first-order valence-corrected chi connectivity index (χ1v) is 17.3. The van der Waals surface area contributed by atoms with Gasteiger partial charge in [0.2, 0.25) is 5.78 Å². The zero-order chi connectivity index (χ0) is 35.0. The number of hydrogen-bond donors (Lipinski definition) is 1. The lowest BCUT2D eigenvalue weighted by atomic mass is 10.1. The highest BCUT2D eigenvalue weighted by molar-refractivity contribution is 6.32. The van der Waals surface area contributed by atoms with Crippen LogP contribution in [-0.4, -0.2) is 162 Å². The first-order valence-electron chi connectivity index (χ1n) is 17.3. The molecule has 15 heteroatoms. The molecule has 0 saturated carbocycles. The molecule has 0 heterocycles. The number of esters is 1. The molecule has 0 bridgehead atoms. The number of Topliss-reactive ketones (excluding diaryl/α,β-unsaturated/α-hetero) is 1. The van der Waals surface area contributed by atoms with Gasteiger partial charge in [0.15, 0.2) is 0 Å². The number of carbonyl (C=O) groups excluding carboxylic acids is 2. The molecule has 0 fully saturated rings. The minimum absolute atomic E-state index is 0.0165. The molecule has 15 nitrogen and oxygen atoms in total. The number of carboxylic acids is 1. The summed E-state index contributed by atoms with van der Waals surface area (Å²) in [5.74, 6) is -3.23. The van der Waals surface area contributed by atoms with Crippen molar-refractivity contribution in [2.24, 2.45) is 0 Å². The molecule has 0 spiro atoms. The molecule has 0 atom stereocenters. The number of unbranched alkanes of at least 4 members (excludes halogenated alkanes) is 5. The lowest BCUT2D eigenvalue weighted by Crippen LogP contribution is -2.17. The summed E-state index contributed by atoms with van der Waals surface area (Å²) in [4.78, 5) is 32.6. The molecule has 284 valence electrons. The van der Waals surface area contributed by atoms with Crippen LogP contribution in [0.5, 0.6) is 0 Å². The van der Waals surface area contributed by atoms with E-state index in [0.717, 1.165) is 13.0 Å². The van der Waals surface area contributed by atoms with Gasteiger partial charge in [0, 0.05) is 13.0 Å². The van der Waals surface area contributed by atoms with Crippen molar-refractivity contribution in [2.75, 3.05) is 139 Å². The zero-order valence-corrected chi connectivity index (χ0v) is 29.2. The number of rotatable bonds is 41. The van der Waals surface area contributed by atoms with Crippen molar-refractivity contribution >= 4 is 17.7 Å². The number of ketones is 1. The van der Waals surface area contributed by atoms with Crippen molar-refractivity contribution in [3.8, 4) is 0 Å². The fraction of sp³-hybridized carbons (Fsp3) is 0.909. The van der Waals surface area contributed by atoms with Gasteiger partial charge in [-0.1, -0.05) is 39.0 Å². The van der Waals surface area contributed by atoms with Crippen LogP contribution in [0.15, 0.2) is 0 Å². The third kappa shape index (κ3) is 38.7. The van der Waals surface area contributed by atoms with Crippen LogP contribution in [0.25, 0.3) is 0 Å². The summed E-state index contributed by atoms with van der Waals surface area (Å²) in [5.41, 5.74) is 0. The highest BCUT2D eigenvalue weighted by atomic mass is 16.6. The second-order valence-corrected chi connectivity index (χ2v) is 10.3. The van der Waals surface area contributed by atoms with Gasteiger partial charge in [0.1, 0.15) is 6.61 Å². The maximum atomic E-state index is 11.4. The Balaban J connectivity index is 3.11. The smallest absolute Gasteiger partial charge is 0.372 e. The van der Waals surface area contributed by atoms with E-state index in [1.807, 2.05) is 0 Å². The average molecular weight is 699 g/mol. The lowest BCUT2D eigenvalue weighted by Gasteiger charge is -2.09. The maximum Gasteiger partial charge on any atom is 0.372 e. The Morgan fingerprint density at radius 2 is 0.667 bits per heavy atom. The molecule has 0 radical (unpaired) electrons. The summed E-state index contributed by atoms with van der Waals surface area (Å²) in [6.07, 6.45) is 6.96. The van der Waals surface area contributed by atoms with E-state index in [2.05, 4.69) is 6.92 Å². The van der Waals surface area contributed by atoms with Gasteiger partial charge < -0.3 is 57.2 Å². The predicted molar refractivity (Wildman–Crippen MR) is 174 cm³/mol. The Hall–Kier alpha value is -1.79. The Morgan fingerprint density at radius 1 is 0.375 bits per heavy atom. The normalized spacial score (nSPS) is 11.3. The molecule has 0 aromatic carbocycles. The van der Waals surface area contributed by atoms with Gasteiger partial charge in [0.05, 0.1) is 132 Å². The van der Waals surface area contributed by atoms with E-state index in [1.54, 1.807) is 0 Å². The van der Waals surface area contributed by atoms with E-state index in [9.17, 15) is 14.4 Å². The predicted octanol–water partition coefficient (Wildman–Crippen LogP) is 2.49. The van der Waals surface area contributed by atoms with E-state index in [-0.39, 0.29) is 26.1 Å². The number of ether oxygens (including phenoxy) is 11. The van der Waals surface area contributed by atoms with Crippen molar-refractivity contribution in [1.82, 2.24) is 0 Å². The summed E-state index contributed by atoms with van der Waals surface area (Å²) in [5, 5.41) is 8.44. The Labute approximate surface area is 286 Å². The summed E-state index contributed by atoms with van der Waals surface area (Å²) in [7, 11) is 0. The molecule has 0 aromatic rings. The second kappa shape index (κ2) is 39.6. The molecular weight excluding hydrogens is 636 g/mol. The average Bonchev–Trinajstić information content (AvgIpc) is 3.08. The van der Waals surface area contributed by atoms with Crippen LogP contribution < -0.4 is 0 Å². The number of carboxylic acid groups (broad SMARTS) is 1. The Morgan fingerprint density at radius 3 is 1.00 bits per heavy atom. The summed E-state index contributed by atoms with van der Waals surface area (Å²) < 4.78 is 59.3. The van der Waals surface area contributed by atoms with Gasteiger partial charge >= 0.3 is 11.9 Å². The van der Waals surface area contributed by atoms with Crippen LogP contribution in [0.4, 0.5) is 0 Å². The van der Waals surface area contributed by atoms with Crippen molar-refractivity contribution in [1.29, 1.82) is 0 Å². The molecular formula is C33H62O15. The fourth-order valence-corrected chi connectivity index (χ4v) is 3.67. The molecule has 1 N–H and O–H groups in total. The molecule has 0 aliphatic rings. The third-order valence-electron chi connectivity index (χ3n) is 6.28. The monoisotopic (exact) mass is 698 g/mol. The minimum atomic E-state index is -1.56. The van der Waals surface area contributed by atoms with Gasteiger partial charge in [-0.3, -0.25) is 9.59 Å². The van der Waals surface area contributed by atoms with Gasteiger partial charge in [0.25, 0.3) is 0 Å². The Kier molecular flexibility index (Phi) is 38.2. The molecule has 48 heavy (non-hydrogen) atoms. The van der Waals surface area contributed by atoms with Crippen molar-refractivity contribution in [3.05, 3.63) is 0 Å². The summed E-state index contributed by atoms with van der Waals surface area (Å²) in [6.45, 7) is 11.9. The lowest BCUT2D eigenvalue weighted by molar-refractivity contribution is -0.151. The van der Waals surface area contributed by atoms with Gasteiger partial charge in [-0.15, -0.1) is 0 Å². The topological polar surface area (TPSA) is 173 Å². The first kappa shape index (κ1) is 46.2. The van der Waals surface area contributed by atoms with E-state index >= 15 is 0 Å². The SMILES string of the molecule is CCCCCCCCOCCOCCOCCOCCOCCOCCOCCOCCOCCOCCOC(=O)CCC(=O)C(=O)O. The quantitative estimate of drug-likeness (QED) is 0.0560. The number of carbonyl (C=O) groups is 3. The van der Waals surface area contributed by atoms with Crippen LogP contribution in [0.3, 0.4) is 0 Å². The van der Waals surface area contributed by atoms with E-state index < -0.39 is 17.7 Å². The second-order valence-electron chi connectivity index (χ2n) is 10.3. The zero-order valence-electron chi connectivity index (χ0n) is 29.2. The van der Waals surface area contributed by atoms with Crippen LogP contribution in [0.2, 0.25) is 0 Å². The molecule has 0 aliphatic heterocycles. The van der Waals surface area contributed by atoms with E-state index in [4.69, 9.17) is 57.2 Å². The first-order chi connectivity index (χ1) is 23.6. The highest BCUT2D eigenvalue weighted by Crippen LogP contribution is 2.04. The standard InChI is InChI=1S/C33H62O15/c1-2-3-4-5-6-7-10-38-11-12-39-13-14-40-15-16-41-17-18-42-19-20-43-21-22-44-23-24-45-25-26-46-27-28-47-29-30-48-32(35)9-8-31(34)33(36)37/h2-30H2,1H3,(H,36,37). The van der Waals surface area contributed by atoms with Gasteiger partial charge in [-0.25, -0.2) is 4.79 Å². The van der Waals surface area contributed by atoms with E-state index in [1.165, 1.54) is 32.1 Å². The maximum absolute atomic E-state index is 11.4. The molecule has 0 unspecified atom stereocenters.